The Morgan fingerprint density at radius 1 is 1.06 bits per heavy atom. The number of unbranched alkanes of at least 4 members (excludes halogenated alkanes) is 1. The van der Waals surface area contributed by atoms with Gasteiger partial charge in [0.1, 0.15) is 18.0 Å². The highest BCUT2D eigenvalue weighted by Gasteiger charge is 2.26. The average Bonchev–Trinajstić information content (AvgIpc) is 2.76. The number of halogens is 1. The first-order valence-electron chi connectivity index (χ1n) is 10.8. The lowest BCUT2D eigenvalue weighted by molar-refractivity contribution is 0.0580. The van der Waals surface area contributed by atoms with Crippen LogP contribution in [0.4, 0.5) is 10.5 Å². The number of ether oxygens (including phenoxy) is 2. The van der Waals surface area contributed by atoms with Crippen LogP contribution in [0.15, 0.2) is 77.8 Å². The maximum Gasteiger partial charge on any atom is 0.414 e. The van der Waals surface area contributed by atoms with Crippen molar-refractivity contribution in [3.63, 3.8) is 0 Å². The van der Waals surface area contributed by atoms with Gasteiger partial charge in [-0.2, -0.15) is 0 Å². The van der Waals surface area contributed by atoms with Gasteiger partial charge in [0.2, 0.25) is 0 Å². The van der Waals surface area contributed by atoms with Gasteiger partial charge in [0, 0.05) is 27.9 Å². The predicted molar refractivity (Wildman–Crippen MR) is 135 cm³/mol. The summed E-state index contributed by atoms with van der Waals surface area (Å²) in [5.74, 6) is 0.722. The van der Waals surface area contributed by atoms with Crippen molar-refractivity contribution in [1.82, 2.24) is 0 Å². The van der Waals surface area contributed by atoms with E-state index in [2.05, 4.69) is 22.5 Å². The van der Waals surface area contributed by atoms with Crippen LogP contribution in [0.3, 0.4) is 0 Å². The van der Waals surface area contributed by atoms with Gasteiger partial charge >= 0.3 is 6.09 Å². The lowest BCUT2D eigenvalue weighted by Gasteiger charge is -2.29. The van der Waals surface area contributed by atoms with Gasteiger partial charge in [0.05, 0.1) is 5.69 Å². The highest BCUT2D eigenvalue weighted by Crippen LogP contribution is 2.40. The Labute approximate surface area is 199 Å². The number of allylic oxidation sites excluding steroid dienone is 1. The van der Waals surface area contributed by atoms with Crippen LogP contribution in [0, 0.1) is 0 Å². The molecule has 0 radical (unpaired) electrons. The Hall–Kier alpha value is -2.79. The molecule has 0 saturated heterocycles. The Kier molecular flexibility index (Phi) is 7.97. The summed E-state index contributed by atoms with van der Waals surface area (Å²) in [6.45, 7) is 10.4. The van der Waals surface area contributed by atoms with E-state index < -0.39 is 5.60 Å². The van der Waals surface area contributed by atoms with E-state index in [0.29, 0.717) is 13.2 Å². The first-order chi connectivity index (χ1) is 15.3. The smallest absolute Gasteiger partial charge is 0.414 e. The summed E-state index contributed by atoms with van der Waals surface area (Å²) in [5.41, 5.74) is 1.21. The molecule has 32 heavy (non-hydrogen) atoms. The molecule has 0 aliphatic heterocycles. The SMILES string of the molecule is C=CCCCN(C(=O)OC(C)(C)C)c1cc(OCc2ccccc2)c2ccccc2c1Br. The Morgan fingerprint density at radius 3 is 2.38 bits per heavy atom. The Balaban J connectivity index is 2.03. The summed E-state index contributed by atoms with van der Waals surface area (Å²) in [6.07, 6.45) is 3.06. The first-order valence-corrected chi connectivity index (χ1v) is 11.6. The molecular formula is C27H30BrNO3. The minimum atomic E-state index is -0.594. The van der Waals surface area contributed by atoms with Crippen LogP contribution < -0.4 is 9.64 Å². The molecule has 0 spiro atoms. The molecule has 0 N–H and O–H groups in total. The first kappa shape index (κ1) is 23.9. The van der Waals surface area contributed by atoms with Crippen LogP contribution in [0.1, 0.15) is 39.2 Å². The number of carbonyl (C=O) groups is 1. The van der Waals surface area contributed by atoms with E-state index in [1.165, 1.54) is 0 Å². The zero-order valence-electron chi connectivity index (χ0n) is 18.9. The van der Waals surface area contributed by atoms with Gasteiger partial charge in [-0.25, -0.2) is 4.79 Å². The quantitative estimate of drug-likeness (QED) is 0.235. The molecule has 0 fully saturated rings. The average molecular weight is 496 g/mol. The van der Waals surface area contributed by atoms with E-state index in [0.717, 1.165) is 45.1 Å². The highest BCUT2D eigenvalue weighted by molar-refractivity contribution is 9.10. The largest absolute Gasteiger partial charge is 0.488 e. The summed E-state index contributed by atoms with van der Waals surface area (Å²) >= 11 is 3.74. The predicted octanol–water partition coefficient (Wildman–Crippen LogP) is 7.89. The molecule has 4 nitrogen and oxygen atoms in total. The number of hydrogen-bond donors (Lipinski definition) is 0. The zero-order valence-corrected chi connectivity index (χ0v) is 20.5. The third-order valence-electron chi connectivity index (χ3n) is 4.85. The van der Waals surface area contributed by atoms with Crippen molar-refractivity contribution < 1.29 is 14.3 Å². The molecule has 168 valence electrons. The van der Waals surface area contributed by atoms with Crippen LogP contribution in [0.25, 0.3) is 10.8 Å². The maximum absolute atomic E-state index is 13.1. The Bertz CT molecular complexity index is 1070. The van der Waals surface area contributed by atoms with Crippen molar-refractivity contribution in [2.75, 3.05) is 11.4 Å². The molecule has 0 atom stereocenters. The molecular weight excluding hydrogens is 466 g/mol. The molecule has 0 bridgehead atoms. The summed E-state index contributed by atoms with van der Waals surface area (Å²) in [4.78, 5) is 14.8. The number of amides is 1. The second-order valence-corrected chi connectivity index (χ2v) is 9.38. The molecule has 1 amide bonds. The van der Waals surface area contributed by atoms with Crippen LogP contribution in [0.2, 0.25) is 0 Å². The van der Waals surface area contributed by atoms with E-state index in [1.807, 2.05) is 87.5 Å². The summed E-state index contributed by atoms with van der Waals surface area (Å²) in [5, 5.41) is 1.96. The third kappa shape index (κ3) is 6.13. The van der Waals surface area contributed by atoms with Gasteiger partial charge in [-0.05, 0) is 55.1 Å². The normalized spacial score (nSPS) is 11.2. The second-order valence-electron chi connectivity index (χ2n) is 8.59. The molecule has 0 unspecified atom stereocenters. The van der Waals surface area contributed by atoms with Gasteiger partial charge in [-0.15, -0.1) is 6.58 Å². The molecule has 0 saturated carbocycles. The van der Waals surface area contributed by atoms with Crippen molar-refractivity contribution in [2.24, 2.45) is 0 Å². The van der Waals surface area contributed by atoms with E-state index in [1.54, 1.807) is 4.90 Å². The van der Waals surface area contributed by atoms with E-state index in [9.17, 15) is 4.79 Å². The standard InChI is InChI=1S/C27H30BrNO3/c1-5-6-12-17-29(26(30)32-27(2,3)4)23-18-24(31-19-20-13-8-7-9-14-20)21-15-10-11-16-22(21)25(23)28/h5,7-11,13-16,18H,1,6,12,17,19H2,2-4H3. The molecule has 3 aromatic carbocycles. The molecule has 5 heteroatoms. The highest BCUT2D eigenvalue weighted by atomic mass is 79.9. The summed E-state index contributed by atoms with van der Waals surface area (Å²) < 4.78 is 12.8. The van der Waals surface area contributed by atoms with Crippen molar-refractivity contribution in [2.45, 2.75) is 45.8 Å². The van der Waals surface area contributed by atoms with Crippen LogP contribution >= 0.6 is 15.9 Å². The minimum absolute atomic E-state index is 0.383. The Morgan fingerprint density at radius 2 is 1.72 bits per heavy atom. The fraction of sp³-hybridized carbons (Fsp3) is 0.296. The molecule has 0 aliphatic carbocycles. The van der Waals surface area contributed by atoms with E-state index in [-0.39, 0.29) is 6.09 Å². The number of anilines is 1. The number of carbonyl (C=O) groups excluding carboxylic acids is 1. The van der Waals surface area contributed by atoms with Gasteiger partial charge in [-0.1, -0.05) is 60.7 Å². The van der Waals surface area contributed by atoms with Gasteiger partial charge in [0.25, 0.3) is 0 Å². The number of hydrogen-bond acceptors (Lipinski definition) is 3. The van der Waals surface area contributed by atoms with Crippen LogP contribution in [-0.2, 0) is 11.3 Å². The summed E-state index contributed by atoms with van der Waals surface area (Å²) in [7, 11) is 0. The minimum Gasteiger partial charge on any atom is -0.488 e. The van der Waals surface area contributed by atoms with Crippen LogP contribution in [0.5, 0.6) is 5.75 Å². The second kappa shape index (κ2) is 10.7. The monoisotopic (exact) mass is 495 g/mol. The number of rotatable bonds is 8. The maximum atomic E-state index is 13.1. The molecule has 3 rings (SSSR count). The number of fused-ring (bicyclic) bond motifs is 1. The number of benzene rings is 3. The van der Waals surface area contributed by atoms with E-state index >= 15 is 0 Å². The lowest BCUT2D eigenvalue weighted by atomic mass is 10.1. The molecule has 0 heterocycles. The topological polar surface area (TPSA) is 38.8 Å². The number of nitrogens with zero attached hydrogens (tertiary/aromatic N) is 1. The van der Waals surface area contributed by atoms with E-state index in [4.69, 9.17) is 9.47 Å². The van der Waals surface area contributed by atoms with Crippen molar-refractivity contribution in [1.29, 1.82) is 0 Å². The fourth-order valence-corrected chi connectivity index (χ4v) is 4.04. The lowest BCUT2D eigenvalue weighted by Crippen LogP contribution is -2.37. The van der Waals surface area contributed by atoms with Crippen molar-refractivity contribution >= 4 is 38.5 Å². The summed E-state index contributed by atoms with van der Waals surface area (Å²) in [6, 6.07) is 20.0. The van der Waals surface area contributed by atoms with Crippen molar-refractivity contribution in [3.05, 3.63) is 83.4 Å². The van der Waals surface area contributed by atoms with Gasteiger partial charge in [-0.3, -0.25) is 4.90 Å². The van der Waals surface area contributed by atoms with Crippen molar-refractivity contribution in [3.8, 4) is 5.75 Å². The van der Waals surface area contributed by atoms with Crippen LogP contribution in [-0.4, -0.2) is 18.2 Å². The van der Waals surface area contributed by atoms with Gasteiger partial charge in [0.15, 0.2) is 0 Å². The zero-order chi connectivity index (χ0) is 23.1. The van der Waals surface area contributed by atoms with Gasteiger partial charge < -0.3 is 9.47 Å². The molecule has 3 aromatic rings. The molecule has 0 aromatic heterocycles. The fourth-order valence-electron chi connectivity index (χ4n) is 3.36. The third-order valence-corrected chi connectivity index (χ3v) is 5.69. The molecule has 0 aliphatic rings.